The van der Waals surface area contributed by atoms with Crippen LogP contribution in [0.4, 0.5) is 0 Å². The Kier molecular flexibility index (Phi) is 2.58. The molecule has 0 amide bonds. The number of nitrogens with one attached hydrogen (secondary N) is 1. The number of ether oxygens (including phenoxy) is 1. The highest BCUT2D eigenvalue weighted by Gasteiger charge is 2.50. The molecule has 1 unspecified atom stereocenters. The Bertz CT molecular complexity index is 215. The maximum atomic E-state index is 10.7. The predicted octanol–water partition coefficient (Wildman–Crippen LogP) is -1.87. The second-order valence-corrected chi connectivity index (χ2v) is 3.35. The van der Waals surface area contributed by atoms with Gasteiger partial charge in [-0.25, -0.2) is 4.79 Å². The molecule has 76 valence electrons. The molecule has 0 bridgehead atoms. The average molecular weight is 191 g/mol. The number of rotatable bonds is 3. The second kappa shape index (κ2) is 3.22. The van der Waals surface area contributed by atoms with Gasteiger partial charge in [-0.2, -0.15) is 0 Å². The van der Waals surface area contributed by atoms with Gasteiger partial charge in [0, 0.05) is 0 Å². The molecule has 1 atom stereocenters. The van der Waals surface area contributed by atoms with Crippen LogP contribution in [-0.2, 0) is 9.53 Å². The van der Waals surface area contributed by atoms with Crippen molar-refractivity contribution in [2.45, 2.75) is 18.2 Å². The Hall–Kier alpha value is -0.690. The minimum Gasteiger partial charge on any atom is -0.478 e. The van der Waals surface area contributed by atoms with Crippen LogP contribution in [0.15, 0.2) is 0 Å². The lowest BCUT2D eigenvalue weighted by Crippen LogP contribution is -2.57. The molecular formula is C7H13NO5. The van der Waals surface area contributed by atoms with Gasteiger partial charge in [-0.1, -0.05) is 0 Å². The highest BCUT2D eigenvalue weighted by molar-refractivity contribution is 5.77. The standard InChI is InChI=1S/C7H13NO5/c1-6(5(11)12)8-7(2-9,3-10)4-13-6/h8-10H,2-4H2,1H3,(H,11,12). The van der Waals surface area contributed by atoms with E-state index in [1.807, 2.05) is 0 Å². The number of aliphatic hydroxyl groups excluding tert-OH is 2. The Morgan fingerprint density at radius 3 is 2.31 bits per heavy atom. The van der Waals surface area contributed by atoms with E-state index >= 15 is 0 Å². The summed E-state index contributed by atoms with van der Waals surface area (Å²) in [4.78, 5) is 10.7. The molecule has 6 nitrogen and oxygen atoms in total. The fourth-order valence-corrected chi connectivity index (χ4v) is 1.20. The second-order valence-electron chi connectivity index (χ2n) is 3.35. The summed E-state index contributed by atoms with van der Waals surface area (Å²) < 4.78 is 4.97. The molecular weight excluding hydrogens is 178 g/mol. The normalized spacial score (nSPS) is 31.9. The first-order valence-electron chi connectivity index (χ1n) is 3.86. The molecule has 0 saturated carbocycles. The van der Waals surface area contributed by atoms with Crippen molar-refractivity contribution in [3.05, 3.63) is 0 Å². The first-order valence-corrected chi connectivity index (χ1v) is 3.86. The maximum Gasteiger partial charge on any atom is 0.351 e. The van der Waals surface area contributed by atoms with E-state index in [0.29, 0.717) is 0 Å². The van der Waals surface area contributed by atoms with Crippen molar-refractivity contribution in [2.24, 2.45) is 0 Å². The molecule has 0 aromatic heterocycles. The number of aliphatic hydroxyl groups is 2. The first kappa shape index (κ1) is 10.4. The van der Waals surface area contributed by atoms with Crippen molar-refractivity contribution in [3.63, 3.8) is 0 Å². The summed E-state index contributed by atoms with van der Waals surface area (Å²) >= 11 is 0. The number of carbonyl (C=O) groups is 1. The molecule has 0 aliphatic carbocycles. The van der Waals surface area contributed by atoms with E-state index in [1.54, 1.807) is 0 Å². The van der Waals surface area contributed by atoms with E-state index in [-0.39, 0.29) is 19.8 Å². The molecule has 0 aromatic carbocycles. The molecule has 0 radical (unpaired) electrons. The topological polar surface area (TPSA) is 99.0 Å². The molecule has 1 saturated heterocycles. The van der Waals surface area contributed by atoms with Gasteiger partial charge < -0.3 is 20.1 Å². The summed E-state index contributed by atoms with van der Waals surface area (Å²) in [6.07, 6.45) is 0. The number of carboxylic acid groups (broad SMARTS) is 1. The Morgan fingerprint density at radius 1 is 1.54 bits per heavy atom. The van der Waals surface area contributed by atoms with Gasteiger partial charge >= 0.3 is 5.97 Å². The molecule has 13 heavy (non-hydrogen) atoms. The number of hydrogen-bond donors (Lipinski definition) is 4. The SMILES string of the molecule is CC1(C(=O)O)NC(CO)(CO)CO1. The molecule has 0 aromatic rings. The zero-order chi connectivity index (χ0) is 10.1. The Balaban J connectivity index is 2.77. The van der Waals surface area contributed by atoms with E-state index in [2.05, 4.69) is 5.32 Å². The number of aliphatic carboxylic acids is 1. The van der Waals surface area contributed by atoms with Crippen LogP contribution in [0.1, 0.15) is 6.92 Å². The zero-order valence-corrected chi connectivity index (χ0v) is 7.28. The fourth-order valence-electron chi connectivity index (χ4n) is 1.20. The van der Waals surface area contributed by atoms with Gasteiger partial charge in [-0.3, -0.25) is 5.32 Å². The van der Waals surface area contributed by atoms with E-state index < -0.39 is 17.2 Å². The summed E-state index contributed by atoms with van der Waals surface area (Å²) in [6, 6.07) is 0. The molecule has 1 heterocycles. The van der Waals surface area contributed by atoms with E-state index in [4.69, 9.17) is 20.1 Å². The molecule has 1 aliphatic heterocycles. The van der Waals surface area contributed by atoms with E-state index in [9.17, 15) is 4.79 Å². The van der Waals surface area contributed by atoms with Crippen molar-refractivity contribution >= 4 is 5.97 Å². The van der Waals surface area contributed by atoms with Crippen molar-refractivity contribution in [3.8, 4) is 0 Å². The van der Waals surface area contributed by atoms with Gasteiger partial charge in [-0.15, -0.1) is 0 Å². The fraction of sp³-hybridized carbons (Fsp3) is 0.857. The molecule has 1 fully saturated rings. The minimum atomic E-state index is -1.52. The predicted molar refractivity (Wildman–Crippen MR) is 42.0 cm³/mol. The molecule has 4 N–H and O–H groups in total. The summed E-state index contributed by atoms with van der Waals surface area (Å²) in [5.74, 6) is -1.17. The van der Waals surface area contributed by atoms with Crippen molar-refractivity contribution in [1.29, 1.82) is 0 Å². The van der Waals surface area contributed by atoms with Gasteiger partial charge in [0.15, 0.2) is 0 Å². The van der Waals surface area contributed by atoms with Crippen LogP contribution in [0.25, 0.3) is 0 Å². The third-order valence-corrected chi connectivity index (χ3v) is 2.15. The summed E-state index contributed by atoms with van der Waals surface area (Å²) in [6.45, 7) is 0.573. The number of carboxylic acids is 1. The highest BCUT2D eigenvalue weighted by Crippen LogP contribution is 2.22. The van der Waals surface area contributed by atoms with Crippen LogP contribution in [0.2, 0.25) is 0 Å². The van der Waals surface area contributed by atoms with Crippen LogP contribution in [-0.4, -0.2) is 52.4 Å². The van der Waals surface area contributed by atoms with Gasteiger partial charge in [0.25, 0.3) is 0 Å². The first-order chi connectivity index (χ1) is 5.98. The largest absolute Gasteiger partial charge is 0.478 e. The minimum absolute atomic E-state index is 0.0250. The van der Waals surface area contributed by atoms with Gasteiger partial charge in [0.05, 0.1) is 25.4 Å². The third kappa shape index (κ3) is 1.66. The summed E-state index contributed by atoms with van der Waals surface area (Å²) in [5, 5.41) is 29.2. The summed E-state index contributed by atoms with van der Waals surface area (Å²) in [5.41, 5.74) is -2.57. The van der Waals surface area contributed by atoms with Crippen LogP contribution < -0.4 is 5.32 Å². The van der Waals surface area contributed by atoms with Gasteiger partial charge in [0.2, 0.25) is 5.72 Å². The Labute approximate surface area is 75.1 Å². The summed E-state index contributed by atoms with van der Waals surface area (Å²) in [7, 11) is 0. The molecule has 6 heteroatoms. The van der Waals surface area contributed by atoms with Gasteiger partial charge in [0.1, 0.15) is 0 Å². The van der Waals surface area contributed by atoms with Crippen molar-refractivity contribution < 1.29 is 24.9 Å². The lowest BCUT2D eigenvalue weighted by molar-refractivity contribution is -0.160. The third-order valence-electron chi connectivity index (χ3n) is 2.15. The van der Waals surface area contributed by atoms with Crippen LogP contribution in [0.5, 0.6) is 0 Å². The molecule has 1 aliphatic rings. The smallest absolute Gasteiger partial charge is 0.351 e. The van der Waals surface area contributed by atoms with E-state index in [1.165, 1.54) is 6.92 Å². The maximum absolute atomic E-state index is 10.7. The van der Waals surface area contributed by atoms with Crippen LogP contribution in [0.3, 0.4) is 0 Å². The Morgan fingerprint density at radius 2 is 2.08 bits per heavy atom. The lowest BCUT2D eigenvalue weighted by Gasteiger charge is -2.25. The van der Waals surface area contributed by atoms with Crippen molar-refractivity contribution in [2.75, 3.05) is 19.8 Å². The lowest BCUT2D eigenvalue weighted by atomic mass is 10.0. The van der Waals surface area contributed by atoms with Crippen LogP contribution >= 0.6 is 0 Å². The highest BCUT2D eigenvalue weighted by atomic mass is 16.6. The molecule has 1 rings (SSSR count). The number of hydrogen-bond acceptors (Lipinski definition) is 5. The van der Waals surface area contributed by atoms with Gasteiger partial charge in [-0.05, 0) is 6.92 Å². The average Bonchev–Trinajstić information content (AvgIpc) is 2.46. The van der Waals surface area contributed by atoms with Crippen molar-refractivity contribution in [1.82, 2.24) is 5.32 Å². The zero-order valence-electron chi connectivity index (χ0n) is 7.28. The molecule has 0 spiro atoms. The quantitative estimate of drug-likeness (QED) is 0.417. The monoisotopic (exact) mass is 191 g/mol. The van der Waals surface area contributed by atoms with Crippen LogP contribution in [0, 0.1) is 0 Å². The van der Waals surface area contributed by atoms with E-state index in [0.717, 1.165) is 0 Å².